The Balaban J connectivity index is 2.87. The van der Waals surface area contributed by atoms with Crippen LogP contribution in [0.4, 0.5) is 18.9 Å². The van der Waals surface area contributed by atoms with Crippen molar-refractivity contribution in [3.05, 3.63) is 28.2 Å². The normalized spacial score (nSPS) is 13.3. The highest BCUT2D eigenvalue weighted by Gasteiger charge is 2.31. The van der Waals surface area contributed by atoms with E-state index in [0.717, 1.165) is 0 Å². The molecule has 0 saturated heterocycles. The van der Waals surface area contributed by atoms with E-state index in [2.05, 4.69) is 5.32 Å². The molecule has 8 heteroatoms. The highest BCUT2D eigenvalue weighted by Crippen LogP contribution is 2.29. The lowest BCUT2D eigenvalue weighted by molar-refractivity contribution is -0.137. The summed E-state index contributed by atoms with van der Waals surface area (Å²) in [6, 6.07) is 0.554. The first-order chi connectivity index (χ1) is 9.11. The number of carbonyl (C=O) groups is 1. The van der Waals surface area contributed by atoms with E-state index in [4.69, 9.17) is 0 Å². The Hall–Kier alpha value is -1.83. The standard InChI is InChI=1S/C12H15F3N2O3/c1-6(2)9(18)4-10(19)17-8-3-7(12(13,14)15)5-16-11(8)20/h3,5-6,9,18H,4H2,1-2H3,(H,16,20)(H,17,19). The lowest BCUT2D eigenvalue weighted by Crippen LogP contribution is -2.26. The van der Waals surface area contributed by atoms with Crippen LogP contribution in [-0.2, 0) is 11.0 Å². The summed E-state index contributed by atoms with van der Waals surface area (Å²) >= 11 is 0. The molecule has 112 valence electrons. The second-order valence-corrected chi connectivity index (χ2v) is 4.69. The largest absolute Gasteiger partial charge is 0.417 e. The molecule has 0 spiro atoms. The van der Waals surface area contributed by atoms with Gasteiger partial charge in [0.05, 0.1) is 18.1 Å². The molecular weight excluding hydrogens is 277 g/mol. The molecule has 0 aliphatic heterocycles. The van der Waals surface area contributed by atoms with Crippen molar-refractivity contribution < 1.29 is 23.1 Å². The summed E-state index contributed by atoms with van der Waals surface area (Å²) in [6.07, 6.45) is -5.32. The summed E-state index contributed by atoms with van der Waals surface area (Å²) in [6.45, 7) is 3.38. The van der Waals surface area contributed by atoms with Gasteiger partial charge in [-0.15, -0.1) is 0 Å². The number of rotatable bonds is 4. The minimum Gasteiger partial charge on any atom is -0.392 e. The van der Waals surface area contributed by atoms with Gasteiger partial charge in [0.1, 0.15) is 5.69 Å². The van der Waals surface area contributed by atoms with Crippen molar-refractivity contribution in [2.45, 2.75) is 32.5 Å². The van der Waals surface area contributed by atoms with Crippen LogP contribution in [0.1, 0.15) is 25.8 Å². The predicted molar refractivity (Wildman–Crippen MR) is 66.2 cm³/mol. The van der Waals surface area contributed by atoms with E-state index >= 15 is 0 Å². The summed E-state index contributed by atoms with van der Waals surface area (Å²) in [4.78, 5) is 24.8. The monoisotopic (exact) mass is 292 g/mol. The maximum Gasteiger partial charge on any atom is 0.417 e. The Bertz CT molecular complexity index is 537. The SMILES string of the molecule is CC(C)C(O)CC(=O)Nc1cc(C(F)(F)F)c[nH]c1=O. The number of aromatic nitrogens is 1. The summed E-state index contributed by atoms with van der Waals surface area (Å²) in [5.74, 6) is -0.906. The smallest absolute Gasteiger partial charge is 0.392 e. The maximum absolute atomic E-state index is 12.5. The first-order valence-electron chi connectivity index (χ1n) is 5.89. The van der Waals surface area contributed by atoms with Crippen LogP contribution in [0.3, 0.4) is 0 Å². The second kappa shape index (κ2) is 6.08. The molecule has 0 saturated carbocycles. The van der Waals surface area contributed by atoms with Crippen LogP contribution in [0.5, 0.6) is 0 Å². The fraction of sp³-hybridized carbons (Fsp3) is 0.500. The Labute approximate surface area is 112 Å². The van der Waals surface area contributed by atoms with E-state index in [1.54, 1.807) is 13.8 Å². The number of carbonyl (C=O) groups excluding carboxylic acids is 1. The average Bonchev–Trinajstić information content (AvgIpc) is 2.30. The Morgan fingerprint density at radius 2 is 2.05 bits per heavy atom. The molecular formula is C12H15F3N2O3. The zero-order chi connectivity index (χ0) is 15.5. The summed E-state index contributed by atoms with van der Waals surface area (Å²) in [5, 5.41) is 11.6. The van der Waals surface area contributed by atoms with E-state index in [0.29, 0.717) is 12.3 Å². The molecule has 20 heavy (non-hydrogen) atoms. The average molecular weight is 292 g/mol. The number of aliphatic hydroxyl groups excluding tert-OH is 1. The number of aromatic amines is 1. The van der Waals surface area contributed by atoms with Crippen LogP contribution in [0.15, 0.2) is 17.1 Å². The predicted octanol–water partition coefficient (Wildman–Crippen LogP) is 1.74. The number of hydrogen-bond donors (Lipinski definition) is 3. The molecule has 1 unspecified atom stereocenters. The van der Waals surface area contributed by atoms with Crippen LogP contribution in [0.2, 0.25) is 0 Å². The van der Waals surface area contributed by atoms with Crippen LogP contribution in [-0.4, -0.2) is 22.1 Å². The van der Waals surface area contributed by atoms with Gasteiger partial charge in [0.2, 0.25) is 5.91 Å². The number of nitrogens with one attached hydrogen (secondary N) is 2. The van der Waals surface area contributed by atoms with Gasteiger partial charge >= 0.3 is 6.18 Å². The third-order valence-electron chi connectivity index (χ3n) is 2.67. The van der Waals surface area contributed by atoms with Crippen molar-refractivity contribution in [2.75, 3.05) is 5.32 Å². The molecule has 3 N–H and O–H groups in total. The van der Waals surface area contributed by atoms with Crippen LogP contribution < -0.4 is 10.9 Å². The molecule has 1 atom stereocenters. The highest BCUT2D eigenvalue weighted by atomic mass is 19.4. The van der Waals surface area contributed by atoms with Crippen molar-refractivity contribution in [3.63, 3.8) is 0 Å². The molecule has 1 amide bonds. The first kappa shape index (κ1) is 16.2. The Kier molecular flexibility index (Phi) is 4.93. The molecule has 0 aliphatic rings. The minimum absolute atomic E-state index is 0.180. The number of aliphatic hydroxyl groups is 1. The van der Waals surface area contributed by atoms with Gasteiger partial charge in [0, 0.05) is 6.20 Å². The number of pyridine rings is 1. The number of amides is 1. The lowest BCUT2D eigenvalue weighted by atomic mass is 10.0. The van der Waals surface area contributed by atoms with Crippen molar-refractivity contribution >= 4 is 11.6 Å². The third-order valence-corrected chi connectivity index (χ3v) is 2.67. The number of alkyl halides is 3. The van der Waals surface area contributed by atoms with E-state index in [1.807, 2.05) is 4.98 Å². The van der Waals surface area contributed by atoms with Gasteiger partial charge in [-0.3, -0.25) is 9.59 Å². The van der Waals surface area contributed by atoms with Gasteiger partial charge in [0.25, 0.3) is 5.56 Å². The second-order valence-electron chi connectivity index (χ2n) is 4.69. The Morgan fingerprint density at radius 1 is 1.45 bits per heavy atom. The van der Waals surface area contributed by atoms with E-state index < -0.39 is 35.0 Å². The molecule has 0 radical (unpaired) electrons. The van der Waals surface area contributed by atoms with Gasteiger partial charge in [0.15, 0.2) is 0 Å². The topological polar surface area (TPSA) is 82.2 Å². The zero-order valence-electron chi connectivity index (χ0n) is 10.9. The zero-order valence-corrected chi connectivity index (χ0v) is 10.9. The lowest BCUT2D eigenvalue weighted by Gasteiger charge is -2.14. The molecule has 0 bridgehead atoms. The first-order valence-corrected chi connectivity index (χ1v) is 5.89. The highest BCUT2D eigenvalue weighted by molar-refractivity contribution is 5.90. The van der Waals surface area contributed by atoms with Crippen molar-refractivity contribution in [3.8, 4) is 0 Å². The molecule has 1 heterocycles. The summed E-state index contributed by atoms with van der Waals surface area (Å²) in [7, 11) is 0. The quantitative estimate of drug-likeness (QED) is 0.790. The van der Waals surface area contributed by atoms with E-state index in [9.17, 15) is 27.9 Å². The third kappa shape index (κ3) is 4.37. The minimum atomic E-state index is -4.62. The molecule has 1 aromatic rings. The van der Waals surface area contributed by atoms with Crippen LogP contribution in [0, 0.1) is 5.92 Å². The summed E-state index contributed by atoms with van der Waals surface area (Å²) in [5.41, 5.74) is -2.41. The molecule has 0 aromatic carbocycles. The number of anilines is 1. The van der Waals surface area contributed by atoms with Gasteiger partial charge in [-0.25, -0.2) is 0 Å². The molecule has 5 nitrogen and oxygen atoms in total. The van der Waals surface area contributed by atoms with Crippen molar-refractivity contribution in [2.24, 2.45) is 5.92 Å². The van der Waals surface area contributed by atoms with Crippen LogP contribution >= 0.6 is 0 Å². The van der Waals surface area contributed by atoms with Gasteiger partial charge < -0.3 is 15.4 Å². The van der Waals surface area contributed by atoms with Crippen molar-refractivity contribution in [1.82, 2.24) is 4.98 Å². The molecule has 1 rings (SSSR count). The molecule has 0 fully saturated rings. The van der Waals surface area contributed by atoms with Crippen LogP contribution in [0.25, 0.3) is 0 Å². The van der Waals surface area contributed by atoms with E-state index in [1.165, 1.54) is 0 Å². The van der Waals surface area contributed by atoms with Crippen molar-refractivity contribution in [1.29, 1.82) is 0 Å². The fourth-order valence-electron chi connectivity index (χ4n) is 1.37. The maximum atomic E-state index is 12.5. The number of H-pyrrole nitrogens is 1. The van der Waals surface area contributed by atoms with Gasteiger partial charge in [-0.1, -0.05) is 13.8 Å². The molecule has 1 aromatic heterocycles. The number of halogens is 3. The van der Waals surface area contributed by atoms with E-state index in [-0.39, 0.29) is 12.3 Å². The number of hydrogen-bond acceptors (Lipinski definition) is 3. The Morgan fingerprint density at radius 3 is 2.55 bits per heavy atom. The summed E-state index contributed by atoms with van der Waals surface area (Å²) < 4.78 is 37.4. The fourth-order valence-corrected chi connectivity index (χ4v) is 1.37. The van der Waals surface area contributed by atoms with Gasteiger partial charge in [-0.2, -0.15) is 13.2 Å². The van der Waals surface area contributed by atoms with Gasteiger partial charge in [-0.05, 0) is 12.0 Å². The molecule has 0 aliphatic carbocycles.